The van der Waals surface area contributed by atoms with Crippen molar-refractivity contribution in [2.45, 2.75) is 25.7 Å². The van der Waals surface area contributed by atoms with Gasteiger partial charge < -0.3 is 15.3 Å². The number of allylic oxidation sites excluding steroid dienone is 6. The summed E-state index contributed by atoms with van der Waals surface area (Å²) in [7, 11) is 1.43. The number of carboxylic acids is 1. The number of nitrogens with zero attached hydrogens (tertiary/aromatic N) is 2. The third kappa shape index (κ3) is 4.03. The number of amides is 1. The Morgan fingerprint density at radius 2 is 2.20 bits per heavy atom. The fraction of sp³-hybridized carbons (Fsp3) is 0.500. The molecule has 0 aromatic carbocycles. The lowest BCUT2D eigenvalue weighted by molar-refractivity contribution is -0.139. The van der Waals surface area contributed by atoms with E-state index in [0.717, 1.165) is 37.6 Å². The molecule has 0 radical (unpaired) electrons. The number of fused-ring (bicyclic) bond motifs is 2. The molecule has 1 fully saturated rings. The molecule has 1 amide bonds. The first-order chi connectivity index (χ1) is 14.4. The van der Waals surface area contributed by atoms with E-state index < -0.39 is 11.9 Å². The van der Waals surface area contributed by atoms with Crippen molar-refractivity contribution < 1.29 is 14.7 Å². The lowest BCUT2D eigenvalue weighted by atomic mass is 9.62. The average molecular weight is 425 g/mol. The molecule has 1 spiro atoms. The highest BCUT2D eigenvalue weighted by Crippen LogP contribution is 2.53. The van der Waals surface area contributed by atoms with Crippen LogP contribution in [0.15, 0.2) is 42.5 Å². The standard InChI is InChI=1S/C22H28BN3O3S/c1-14-13-26(11-9-22(14)8-6-15-4-2-3-5-17(15)22)10-7-16(20(27)28)18-12-19(30-25-18)24-21(23)29/h2-6,8,12,14-17H,7,9-11,13,23H2,1H3,(H,24,29)(H,27,28)/t14-,15?,16?,17?,22-/m0/s1. The molecule has 3 unspecified atom stereocenters. The smallest absolute Gasteiger partial charge is 0.312 e. The number of likely N-dealkylation sites (tertiary alicyclic amines) is 1. The van der Waals surface area contributed by atoms with Crippen LogP contribution in [0.2, 0.25) is 0 Å². The monoisotopic (exact) mass is 425 g/mol. The van der Waals surface area contributed by atoms with Crippen LogP contribution in [0.1, 0.15) is 31.4 Å². The second-order valence-corrected chi connectivity index (χ2v) is 9.58. The molecule has 5 atom stereocenters. The van der Waals surface area contributed by atoms with Gasteiger partial charge in [-0.25, -0.2) is 0 Å². The van der Waals surface area contributed by atoms with E-state index in [1.54, 1.807) is 6.07 Å². The highest BCUT2D eigenvalue weighted by molar-refractivity contribution is 7.10. The maximum Gasteiger partial charge on any atom is 0.312 e. The lowest BCUT2D eigenvalue weighted by Gasteiger charge is -2.48. The van der Waals surface area contributed by atoms with Gasteiger partial charge in [-0.15, -0.1) is 0 Å². The fourth-order valence-corrected chi connectivity index (χ4v) is 6.08. The van der Waals surface area contributed by atoms with E-state index in [1.807, 2.05) is 0 Å². The van der Waals surface area contributed by atoms with E-state index in [1.165, 1.54) is 7.85 Å². The van der Waals surface area contributed by atoms with Gasteiger partial charge in [0.05, 0.1) is 5.69 Å². The number of piperidine rings is 1. The number of hydrogen-bond donors (Lipinski definition) is 2. The minimum atomic E-state index is -0.864. The Balaban J connectivity index is 1.37. The number of rotatable bonds is 6. The number of hydrogen-bond acceptors (Lipinski definition) is 5. The molecule has 2 N–H and O–H groups in total. The second-order valence-electron chi connectivity index (χ2n) is 8.77. The van der Waals surface area contributed by atoms with Crippen molar-refractivity contribution in [3.8, 4) is 0 Å². The molecule has 1 aliphatic heterocycles. The topological polar surface area (TPSA) is 82.5 Å². The van der Waals surface area contributed by atoms with Crippen molar-refractivity contribution in [1.29, 1.82) is 0 Å². The van der Waals surface area contributed by atoms with Crippen LogP contribution in [-0.2, 0) is 4.79 Å². The SMILES string of the molecule is BC(=O)Nc1cc(C(CCN2CC[C@@]3(C=CC4C=CC=CC43)[C@@H](C)C2)C(=O)O)ns1. The first-order valence-corrected chi connectivity index (χ1v) is 11.4. The molecule has 1 aromatic rings. The second kappa shape index (κ2) is 8.51. The first-order valence-electron chi connectivity index (χ1n) is 10.6. The molecule has 158 valence electrons. The minimum absolute atomic E-state index is 0.181. The number of anilines is 1. The minimum Gasteiger partial charge on any atom is -0.481 e. The lowest BCUT2D eigenvalue weighted by Crippen LogP contribution is -2.48. The summed E-state index contributed by atoms with van der Waals surface area (Å²) in [5.41, 5.74) is 0.745. The van der Waals surface area contributed by atoms with Crippen molar-refractivity contribution >= 4 is 36.2 Å². The molecular weight excluding hydrogens is 397 g/mol. The van der Waals surface area contributed by atoms with Gasteiger partial charge in [0.25, 0.3) is 0 Å². The maximum atomic E-state index is 11.9. The third-order valence-electron chi connectivity index (χ3n) is 6.95. The summed E-state index contributed by atoms with van der Waals surface area (Å²) in [4.78, 5) is 25.5. The Hall–Kier alpha value is -2.19. The zero-order chi connectivity index (χ0) is 21.3. The van der Waals surface area contributed by atoms with Crippen LogP contribution < -0.4 is 5.32 Å². The third-order valence-corrected chi connectivity index (χ3v) is 7.67. The number of nitrogens with one attached hydrogen (secondary N) is 1. The zero-order valence-electron chi connectivity index (χ0n) is 17.5. The van der Waals surface area contributed by atoms with Crippen molar-refractivity contribution in [3.05, 3.63) is 48.2 Å². The summed E-state index contributed by atoms with van der Waals surface area (Å²) in [6.07, 6.45) is 15.4. The summed E-state index contributed by atoms with van der Waals surface area (Å²) in [6, 6.07) is 1.69. The van der Waals surface area contributed by atoms with Gasteiger partial charge in [0.15, 0.2) is 5.81 Å². The molecule has 8 heteroatoms. The van der Waals surface area contributed by atoms with Crippen LogP contribution in [0.3, 0.4) is 0 Å². The number of carbonyl (C=O) groups is 2. The van der Waals surface area contributed by atoms with Crippen LogP contribution in [0.25, 0.3) is 0 Å². The van der Waals surface area contributed by atoms with E-state index in [9.17, 15) is 14.7 Å². The fourth-order valence-electron chi connectivity index (χ4n) is 5.33. The average Bonchev–Trinajstić information content (AvgIpc) is 3.30. The molecule has 2 aliphatic carbocycles. The largest absolute Gasteiger partial charge is 0.481 e. The van der Waals surface area contributed by atoms with Crippen molar-refractivity contribution in [1.82, 2.24) is 9.27 Å². The summed E-state index contributed by atoms with van der Waals surface area (Å²) in [6.45, 7) is 5.03. The molecular formula is C22H28BN3O3S. The van der Waals surface area contributed by atoms with E-state index in [4.69, 9.17) is 0 Å². The van der Waals surface area contributed by atoms with Crippen molar-refractivity contribution in [3.63, 3.8) is 0 Å². The Kier molecular flexibility index (Phi) is 5.98. The van der Waals surface area contributed by atoms with E-state index in [-0.39, 0.29) is 11.2 Å². The molecule has 2 heterocycles. The predicted octanol–water partition coefficient (Wildman–Crippen LogP) is 3.12. The van der Waals surface area contributed by atoms with Crippen molar-refractivity contribution in [2.75, 3.05) is 25.0 Å². The molecule has 6 nitrogen and oxygen atoms in total. The highest BCUT2D eigenvalue weighted by atomic mass is 32.1. The summed E-state index contributed by atoms with van der Waals surface area (Å²) < 4.78 is 4.28. The molecule has 1 saturated heterocycles. The van der Waals surface area contributed by atoms with Gasteiger partial charge in [0.1, 0.15) is 10.9 Å². The van der Waals surface area contributed by atoms with Crippen LogP contribution in [0.4, 0.5) is 9.80 Å². The van der Waals surface area contributed by atoms with Gasteiger partial charge in [-0.05, 0) is 55.4 Å². The summed E-state index contributed by atoms with van der Waals surface area (Å²) in [5, 5.41) is 13.0. The Morgan fingerprint density at radius 3 is 2.93 bits per heavy atom. The number of aliphatic carboxylic acids is 1. The predicted molar refractivity (Wildman–Crippen MR) is 122 cm³/mol. The van der Waals surface area contributed by atoms with Crippen molar-refractivity contribution in [2.24, 2.45) is 23.2 Å². The number of aromatic nitrogens is 1. The quantitative estimate of drug-likeness (QED) is 0.541. The number of carbonyl (C=O) groups excluding carboxylic acids is 1. The highest BCUT2D eigenvalue weighted by Gasteiger charge is 2.48. The Morgan fingerprint density at radius 1 is 1.40 bits per heavy atom. The van der Waals surface area contributed by atoms with Gasteiger partial charge in [-0.3, -0.25) is 9.59 Å². The van der Waals surface area contributed by atoms with E-state index in [0.29, 0.717) is 34.9 Å². The summed E-state index contributed by atoms with van der Waals surface area (Å²) >= 11 is 1.13. The van der Waals surface area contributed by atoms with Gasteiger partial charge in [0.2, 0.25) is 7.85 Å². The molecule has 1 aromatic heterocycles. The van der Waals surface area contributed by atoms with Gasteiger partial charge >= 0.3 is 5.97 Å². The molecule has 4 rings (SSSR count). The van der Waals surface area contributed by atoms with Gasteiger partial charge in [-0.1, -0.05) is 43.4 Å². The Bertz CT molecular complexity index is 911. The van der Waals surface area contributed by atoms with Crippen LogP contribution >= 0.6 is 11.5 Å². The van der Waals surface area contributed by atoms with Crippen LogP contribution in [0.5, 0.6) is 0 Å². The Labute approximate surface area is 182 Å². The zero-order valence-corrected chi connectivity index (χ0v) is 18.3. The summed E-state index contributed by atoms with van der Waals surface area (Å²) in [5.74, 6) is -0.118. The molecule has 0 saturated carbocycles. The molecule has 0 bridgehead atoms. The van der Waals surface area contributed by atoms with Crippen LogP contribution in [-0.4, -0.2) is 53.6 Å². The first kappa shape index (κ1) is 21.1. The van der Waals surface area contributed by atoms with Gasteiger partial charge in [-0.2, -0.15) is 4.37 Å². The normalized spacial score (nSPS) is 31.0. The molecule has 30 heavy (non-hydrogen) atoms. The van der Waals surface area contributed by atoms with Gasteiger partial charge in [0, 0.05) is 17.9 Å². The number of carboxylic acid groups (broad SMARTS) is 1. The van der Waals surface area contributed by atoms with Crippen LogP contribution in [0, 0.1) is 23.2 Å². The molecule has 3 aliphatic rings. The van der Waals surface area contributed by atoms with E-state index in [2.05, 4.69) is 58.0 Å². The van der Waals surface area contributed by atoms with E-state index >= 15 is 0 Å². The maximum absolute atomic E-state index is 11.9.